The van der Waals surface area contributed by atoms with Crippen LogP contribution in [0.5, 0.6) is 0 Å². The van der Waals surface area contributed by atoms with Crippen LogP contribution in [0.1, 0.15) is 21.7 Å². The molecule has 3 nitrogen and oxygen atoms in total. The molecular weight excluding hydrogens is 370 g/mol. The molecule has 1 N–H and O–H groups in total. The van der Waals surface area contributed by atoms with Crippen molar-refractivity contribution in [2.24, 2.45) is 0 Å². The number of halogens is 1. The summed E-state index contributed by atoms with van der Waals surface area (Å²) in [5.41, 5.74) is 3.03. The number of ketones is 1. The molecule has 0 fully saturated rings. The smallest absolute Gasteiger partial charge is 0.230 e. The normalized spacial score (nSPS) is 11.2. The summed E-state index contributed by atoms with van der Waals surface area (Å²) in [5, 5.41) is 4.81. The van der Waals surface area contributed by atoms with E-state index in [-0.39, 0.29) is 5.78 Å². The van der Waals surface area contributed by atoms with E-state index in [1.54, 1.807) is 24.3 Å². The molecule has 4 aromatic rings. The lowest BCUT2D eigenvalue weighted by molar-refractivity contribution is 0.101. The number of carbonyl (C=O) groups excluding carboxylic acids is 1. The number of para-hydroxylation sites is 1. The highest BCUT2D eigenvalue weighted by atomic mass is 35.5. The van der Waals surface area contributed by atoms with Gasteiger partial charge < -0.3 is 9.73 Å². The van der Waals surface area contributed by atoms with E-state index in [4.69, 9.17) is 16.0 Å². The van der Waals surface area contributed by atoms with Crippen molar-refractivity contribution in [3.05, 3.63) is 107 Å². The van der Waals surface area contributed by atoms with E-state index < -0.39 is 0 Å². The van der Waals surface area contributed by atoms with Crippen molar-refractivity contribution < 1.29 is 9.21 Å². The van der Waals surface area contributed by atoms with Crippen LogP contribution in [0.3, 0.4) is 0 Å². The lowest BCUT2D eigenvalue weighted by Gasteiger charge is -2.05. The van der Waals surface area contributed by atoms with Crippen LogP contribution in [0.4, 0.5) is 5.69 Å². The van der Waals surface area contributed by atoms with Crippen molar-refractivity contribution in [3.8, 4) is 0 Å². The number of anilines is 1. The van der Waals surface area contributed by atoms with Gasteiger partial charge >= 0.3 is 0 Å². The van der Waals surface area contributed by atoms with Crippen LogP contribution >= 0.6 is 11.6 Å². The molecule has 0 aliphatic carbocycles. The third-order valence-electron chi connectivity index (χ3n) is 4.41. The van der Waals surface area contributed by atoms with Gasteiger partial charge in [-0.3, -0.25) is 4.79 Å². The van der Waals surface area contributed by atoms with Crippen molar-refractivity contribution in [1.29, 1.82) is 0 Å². The Morgan fingerprint density at radius 2 is 1.64 bits per heavy atom. The molecule has 1 aromatic heterocycles. The van der Waals surface area contributed by atoms with E-state index in [9.17, 15) is 4.79 Å². The van der Waals surface area contributed by atoms with E-state index in [0.717, 1.165) is 10.9 Å². The first-order valence-corrected chi connectivity index (χ1v) is 9.37. The van der Waals surface area contributed by atoms with Crippen LogP contribution in [-0.2, 0) is 0 Å². The maximum atomic E-state index is 13.0. The summed E-state index contributed by atoms with van der Waals surface area (Å²) in [6.07, 6.45) is 4.06. The van der Waals surface area contributed by atoms with Crippen molar-refractivity contribution in [2.75, 3.05) is 11.9 Å². The number of furan rings is 1. The zero-order valence-electron chi connectivity index (χ0n) is 15.1. The molecule has 28 heavy (non-hydrogen) atoms. The first-order valence-electron chi connectivity index (χ1n) is 8.99. The van der Waals surface area contributed by atoms with Crippen LogP contribution in [0.2, 0.25) is 5.02 Å². The highest BCUT2D eigenvalue weighted by Gasteiger charge is 2.21. The fourth-order valence-electron chi connectivity index (χ4n) is 3.03. The molecule has 0 spiro atoms. The average Bonchev–Trinajstić information content (AvgIpc) is 3.11. The molecule has 0 atom stereocenters. The van der Waals surface area contributed by atoms with Gasteiger partial charge in [0.25, 0.3) is 0 Å². The molecule has 3 aromatic carbocycles. The Labute approximate surface area is 168 Å². The number of nitrogens with one attached hydrogen (secondary N) is 1. The molecule has 0 saturated heterocycles. The second-order valence-corrected chi connectivity index (χ2v) is 6.77. The van der Waals surface area contributed by atoms with Crippen molar-refractivity contribution in [2.45, 2.75) is 0 Å². The summed E-state index contributed by atoms with van der Waals surface area (Å²) in [6, 6.07) is 24.5. The molecular formula is C24H18ClNO2. The topological polar surface area (TPSA) is 42.2 Å². The number of carbonyl (C=O) groups is 1. The molecule has 0 radical (unpaired) electrons. The molecule has 4 heteroatoms. The first kappa shape index (κ1) is 18.1. The molecule has 0 aliphatic heterocycles. The predicted octanol–water partition coefficient (Wildman–Crippen LogP) is 6.44. The lowest BCUT2D eigenvalue weighted by Crippen LogP contribution is -2.06. The van der Waals surface area contributed by atoms with Crippen LogP contribution in [-0.4, -0.2) is 12.3 Å². The lowest BCUT2D eigenvalue weighted by atomic mass is 10.1. The Hall–Kier alpha value is -3.30. The number of hydrogen-bond acceptors (Lipinski definition) is 3. The molecule has 0 aliphatic rings. The Kier molecular flexibility index (Phi) is 5.27. The van der Waals surface area contributed by atoms with Crippen LogP contribution in [0, 0.1) is 0 Å². The molecule has 0 bridgehead atoms. The zero-order valence-corrected chi connectivity index (χ0v) is 15.8. The van der Waals surface area contributed by atoms with Crippen molar-refractivity contribution in [1.82, 2.24) is 0 Å². The number of hydrogen-bond donors (Lipinski definition) is 1. The van der Waals surface area contributed by atoms with E-state index in [0.29, 0.717) is 34.2 Å². The SMILES string of the molecule is O=C(c1ccc(Cl)cc1)c1oc2ccccc2c1NC/C=C/c1ccccc1. The summed E-state index contributed by atoms with van der Waals surface area (Å²) in [6.45, 7) is 0.569. The minimum atomic E-state index is -0.178. The summed E-state index contributed by atoms with van der Waals surface area (Å²) in [4.78, 5) is 13.0. The van der Waals surface area contributed by atoms with Gasteiger partial charge in [-0.25, -0.2) is 0 Å². The van der Waals surface area contributed by atoms with E-state index in [1.807, 2.05) is 66.7 Å². The number of benzene rings is 3. The van der Waals surface area contributed by atoms with Gasteiger partial charge in [0.2, 0.25) is 5.78 Å². The largest absolute Gasteiger partial charge is 0.450 e. The third kappa shape index (κ3) is 3.85. The third-order valence-corrected chi connectivity index (χ3v) is 4.67. The highest BCUT2D eigenvalue weighted by molar-refractivity contribution is 6.30. The van der Waals surface area contributed by atoms with E-state index in [2.05, 4.69) is 5.32 Å². The fourth-order valence-corrected chi connectivity index (χ4v) is 3.16. The van der Waals surface area contributed by atoms with Crippen LogP contribution < -0.4 is 5.32 Å². The van der Waals surface area contributed by atoms with E-state index >= 15 is 0 Å². The summed E-state index contributed by atoms with van der Waals surface area (Å²) in [5.74, 6) is 0.124. The minimum Gasteiger partial charge on any atom is -0.450 e. The first-order chi connectivity index (χ1) is 13.7. The number of rotatable bonds is 6. The standard InChI is InChI=1S/C24H18ClNO2/c25-19-14-12-18(13-15-19)23(27)24-22(20-10-4-5-11-21(20)28-24)26-16-6-9-17-7-2-1-3-8-17/h1-15,26H,16H2/b9-6+. The van der Waals surface area contributed by atoms with Crippen molar-refractivity contribution >= 4 is 40.1 Å². The molecule has 138 valence electrons. The molecule has 0 saturated carbocycles. The van der Waals surface area contributed by atoms with Gasteiger partial charge in [0.1, 0.15) is 5.58 Å². The van der Waals surface area contributed by atoms with Gasteiger partial charge in [0.15, 0.2) is 5.76 Å². The molecule has 0 unspecified atom stereocenters. The predicted molar refractivity (Wildman–Crippen MR) is 115 cm³/mol. The summed E-state index contributed by atoms with van der Waals surface area (Å²) in [7, 11) is 0. The van der Waals surface area contributed by atoms with Crippen LogP contribution in [0.25, 0.3) is 17.0 Å². The highest BCUT2D eigenvalue weighted by Crippen LogP contribution is 2.32. The second-order valence-electron chi connectivity index (χ2n) is 6.33. The molecule has 4 rings (SSSR count). The van der Waals surface area contributed by atoms with Gasteiger partial charge in [0, 0.05) is 22.5 Å². The summed E-state index contributed by atoms with van der Waals surface area (Å²) < 4.78 is 5.89. The minimum absolute atomic E-state index is 0.178. The van der Waals surface area contributed by atoms with Gasteiger partial charge in [0.05, 0.1) is 5.69 Å². The zero-order chi connectivity index (χ0) is 19.3. The maximum Gasteiger partial charge on any atom is 0.230 e. The van der Waals surface area contributed by atoms with Gasteiger partial charge in [-0.15, -0.1) is 0 Å². The monoisotopic (exact) mass is 387 g/mol. The Balaban J connectivity index is 1.62. The quantitative estimate of drug-likeness (QED) is 0.387. The average molecular weight is 388 g/mol. The maximum absolute atomic E-state index is 13.0. The van der Waals surface area contributed by atoms with Gasteiger partial charge in [-0.2, -0.15) is 0 Å². The van der Waals surface area contributed by atoms with Gasteiger partial charge in [-0.1, -0.05) is 66.2 Å². The summed E-state index contributed by atoms with van der Waals surface area (Å²) >= 11 is 5.94. The van der Waals surface area contributed by atoms with Crippen LogP contribution in [0.15, 0.2) is 89.4 Å². The Bertz CT molecular complexity index is 1130. The Morgan fingerprint density at radius 1 is 0.929 bits per heavy atom. The Morgan fingerprint density at radius 3 is 2.43 bits per heavy atom. The van der Waals surface area contributed by atoms with E-state index in [1.165, 1.54) is 0 Å². The molecule has 1 heterocycles. The fraction of sp³-hybridized carbons (Fsp3) is 0.0417. The van der Waals surface area contributed by atoms with Gasteiger partial charge in [-0.05, 0) is 42.0 Å². The second kappa shape index (κ2) is 8.15. The molecule has 0 amide bonds. The number of fused-ring (bicyclic) bond motifs is 1. The van der Waals surface area contributed by atoms with Crippen molar-refractivity contribution in [3.63, 3.8) is 0 Å².